The molecule has 0 saturated carbocycles. The van der Waals surface area contributed by atoms with Crippen LogP contribution in [0, 0.1) is 23.5 Å². The zero-order valence-corrected chi connectivity index (χ0v) is 21.6. The van der Waals surface area contributed by atoms with Crippen LogP contribution in [0.1, 0.15) is 37.4 Å². The van der Waals surface area contributed by atoms with E-state index in [0.29, 0.717) is 35.9 Å². The number of hydrogen-bond acceptors (Lipinski definition) is 6. The SMILES string of the molecule is COc1ccc2nccc(C(O)CC[C@@H]3CCN(CCSc4cc(F)cc(F)c4)C[C@@H]3CC(=O)O)c2c1. The van der Waals surface area contributed by atoms with Crippen LogP contribution >= 0.6 is 11.8 Å². The molecule has 3 aromatic rings. The summed E-state index contributed by atoms with van der Waals surface area (Å²) < 4.78 is 32.2. The van der Waals surface area contributed by atoms with Crippen LogP contribution in [0.25, 0.3) is 10.9 Å². The highest BCUT2D eigenvalue weighted by Crippen LogP contribution is 2.35. The summed E-state index contributed by atoms with van der Waals surface area (Å²) in [6.07, 6.45) is 3.17. The van der Waals surface area contributed by atoms with Crippen LogP contribution < -0.4 is 4.74 Å². The van der Waals surface area contributed by atoms with Crippen molar-refractivity contribution >= 4 is 28.6 Å². The number of ether oxygens (including phenoxy) is 1. The van der Waals surface area contributed by atoms with E-state index in [1.54, 1.807) is 13.3 Å². The molecule has 9 heteroatoms. The summed E-state index contributed by atoms with van der Waals surface area (Å²) in [5.41, 5.74) is 1.58. The summed E-state index contributed by atoms with van der Waals surface area (Å²) >= 11 is 1.39. The Balaban J connectivity index is 1.34. The summed E-state index contributed by atoms with van der Waals surface area (Å²) in [7, 11) is 1.60. The van der Waals surface area contributed by atoms with E-state index in [2.05, 4.69) is 9.88 Å². The number of likely N-dealkylation sites (tertiary alicyclic amines) is 1. The molecular formula is C28H32F2N2O4S. The number of thioether (sulfide) groups is 1. The minimum atomic E-state index is -0.825. The van der Waals surface area contributed by atoms with E-state index < -0.39 is 23.7 Å². The van der Waals surface area contributed by atoms with Gasteiger partial charge in [0.1, 0.15) is 17.4 Å². The third-order valence-corrected chi connectivity index (χ3v) is 8.03. The minimum Gasteiger partial charge on any atom is -0.497 e. The van der Waals surface area contributed by atoms with E-state index in [4.69, 9.17) is 4.74 Å². The number of hydrogen-bond donors (Lipinski definition) is 2. The van der Waals surface area contributed by atoms with Gasteiger partial charge in [0.15, 0.2) is 0 Å². The van der Waals surface area contributed by atoms with Crippen molar-refractivity contribution in [3.05, 3.63) is 65.9 Å². The molecule has 0 spiro atoms. The topological polar surface area (TPSA) is 82.9 Å². The average Bonchev–Trinajstić information content (AvgIpc) is 2.86. The van der Waals surface area contributed by atoms with Gasteiger partial charge in [-0.15, -0.1) is 11.8 Å². The largest absolute Gasteiger partial charge is 0.497 e. The van der Waals surface area contributed by atoms with Crippen molar-refractivity contribution in [1.82, 2.24) is 9.88 Å². The van der Waals surface area contributed by atoms with Crippen LogP contribution in [0.15, 0.2) is 53.6 Å². The summed E-state index contributed by atoms with van der Waals surface area (Å²) in [5, 5.41) is 21.4. The Morgan fingerprint density at radius 3 is 2.70 bits per heavy atom. The molecule has 3 atom stereocenters. The van der Waals surface area contributed by atoms with Gasteiger partial charge in [0, 0.05) is 47.8 Å². The Bertz CT molecular complexity index is 1210. The zero-order chi connectivity index (χ0) is 26.4. The number of aromatic nitrogens is 1. The first kappa shape index (κ1) is 27.3. The molecular weight excluding hydrogens is 498 g/mol. The van der Waals surface area contributed by atoms with Crippen LogP contribution in [0.3, 0.4) is 0 Å². The Labute approximate surface area is 219 Å². The third kappa shape index (κ3) is 7.40. The van der Waals surface area contributed by atoms with E-state index in [1.165, 1.54) is 23.9 Å². The lowest BCUT2D eigenvalue weighted by Crippen LogP contribution is -2.42. The summed E-state index contributed by atoms with van der Waals surface area (Å²) in [4.78, 5) is 18.7. The molecule has 1 fully saturated rings. The van der Waals surface area contributed by atoms with Crippen molar-refractivity contribution < 1.29 is 28.5 Å². The molecule has 0 radical (unpaired) electrons. The molecule has 1 aromatic heterocycles. The minimum absolute atomic E-state index is 0.0238. The second kappa shape index (κ2) is 12.7. The molecule has 0 amide bonds. The predicted molar refractivity (Wildman–Crippen MR) is 140 cm³/mol. The number of benzene rings is 2. The van der Waals surface area contributed by atoms with Gasteiger partial charge >= 0.3 is 5.97 Å². The molecule has 6 nitrogen and oxygen atoms in total. The van der Waals surface area contributed by atoms with Crippen molar-refractivity contribution in [3.63, 3.8) is 0 Å². The number of carbonyl (C=O) groups is 1. The number of nitrogens with zero attached hydrogens (tertiary/aromatic N) is 2. The fourth-order valence-corrected chi connectivity index (χ4v) is 6.17. The predicted octanol–water partition coefficient (Wildman–Crippen LogP) is 5.54. The van der Waals surface area contributed by atoms with Gasteiger partial charge in [-0.1, -0.05) is 0 Å². The van der Waals surface area contributed by atoms with Gasteiger partial charge in [-0.3, -0.25) is 9.78 Å². The summed E-state index contributed by atoms with van der Waals surface area (Å²) in [6.45, 7) is 2.18. The monoisotopic (exact) mass is 530 g/mol. The molecule has 1 aliphatic rings. The molecule has 2 aromatic carbocycles. The van der Waals surface area contributed by atoms with Gasteiger partial charge in [0.2, 0.25) is 0 Å². The normalized spacial score (nSPS) is 19.1. The van der Waals surface area contributed by atoms with Gasteiger partial charge in [0.25, 0.3) is 0 Å². The molecule has 1 saturated heterocycles. The van der Waals surface area contributed by atoms with Gasteiger partial charge in [-0.05, 0) is 79.6 Å². The number of pyridine rings is 1. The Morgan fingerprint density at radius 2 is 1.97 bits per heavy atom. The van der Waals surface area contributed by atoms with Crippen molar-refractivity contribution in [2.45, 2.75) is 36.7 Å². The van der Waals surface area contributed by atoms with Crippen LogP contribution in [-0.2, 0) is 4.79 Å². The van der Waals surface area contributed by atoms with E-state index >= 15 is 0 Å². The zero-order valence-electron chi connectivity index (χ0n) is 20.8. The third-order valence-electron chi connectivity index (χ3n) is 7.08. The second-order valence-corrected chi connectivity index (χ2v) is 10.7. The first-order valence-electron chi connectivity index (χ1n) is 12.5. The quantitative estimate of drug-likeness (QED) is 0.315. The van der Waals surface area contributed by atoms with Crippen molar-refractivity contribution in [2.24, 2.45) is 11.8 Å². The molecule has 1 aliphatic heterocycles. The first-order chi connectivity index (χ1) is 17.8. The maximum absolute atomic E-state index is 13.4. The summed E-state index contributed by atoms with van der Waals surface area (Å²) in [5.74, 6) is -0.487. The molecule has 198 valence electrons. The molecule has 0 bridgehead atoms. The number of rotatable bonds is 11. The smallest absolute Gasteiger partial charge is 0.303 e. The van der Waals surface area contributed by atoms with Crippen LogP contribution in [0.5, 0.6) is 5.75 Å². The van der Waals surface area contributed by atoms with Crippen LogP contribution in [-0.4, -0.2) is 58.6 Å². The molecule has 0 aliphatic carbocycles. The highest BCUT2D eigenvalue weighted by atomic mass is 32.2. The van der Waals surface area contributed by atoms with Gasteiger partial charge in [-0.2, -0.15) is 0 Å². The standard InChI is InChI=1S/C28H32F2N2O4S/c1-36-22-3-4-26-25(16-22)24(6-8-31-26)27(33)5-2-18-7-9-32(17-19(18)12-28(34)35)10-11-37-23-14-20(29)13-21(30)15-23/h3-4,6,8,13-16,18-19,27,33H,2,5,7,9-12,17H2,1H3,(H,34,35)/t18-,19+,27?/m1/s1. The lowest BCUT2D eigenvalue weighted by Gasteiger charge is -2.38. The van der Waals surface area contributed by atoms with E-state index in [-0.39, 0.29) is 18.3 Å². The first-order valence-corrected chi connectivity index (χ1v) is 13.4. The second-order valence-electron chi connectivity index (χ2n) is 9.54. The highest BCUT2D eigenvalue weighted by Gasteiger charge is 2.31. The molecule has 4 rings (SSSR count). The Morgan fingerprint density at radius 1 is 1.19 bits per heavy atom. The number of aliphatic carboxylic acids is 1. The average molecular weight is 531 g/mol. The fourth-order valence-electron chi connectivity index (χ4n) is 5.19. The lowest BCUT2D eigenvalue weighted by molar-refractivity contribution is -0.139. The number of aliphatic hydroxyl groups is 1. The van der Waals surface area contributed by atoms with Gasteiger partial charge in [-0.25, -0.2) is 8.78 Å². The Hall–Kier alpha value is -2.75. The number of carboxylic acid groups (broad SMARTS) is 1. The van der Waals surface area contributed by atoms with Gasteiger partial charge in [0.05, 0.1) is 18.7 Å². The maximum Gasteiger partial charge on any atom is 0.303 e. The number of piperidine rings is 1. The number of fused-ring (bicyclic) bond motifs is 1. The highest BCUT2D eigenvalue weighted by molar-refractivity contribution is 7.99. The number of carboxylic acids is 1. The lowest BCUT2D eigenvalue weighted by atomic mass is 9.79. The van der Waals surface area contributed by atoms with E-state index in [0.717, 1.165) is 41.9 Å². The number of halogens is 2. The fraction of sp³-hybridized carbons (Fsp3) is 0.429. The van der Waals surface area contributed by atoms with Crippen LogP contribution in [0.4, 0.5) is 8.78 Å². The molecule has 2 N–H and O–H groups in total. The molecule has 2 heterocycles. The van der Waals surface area contributed by atoms with Crippen molar-refractivity contribution in [1.29, 1.82) is 0 Å². The van der Waals surface area contributed by atoms with Crippen molar-refractivity contribution in [2.75, 3.05) is 32.5 Å². The molecule has 37 heavy (non-hydrogen) atoms. The molecule has 1 unspecified atom stereocenters. The van der Waals surface area contributed by atoms with Crippen molar-refractivity contribution in [3.8, 4) is 5.75 Å². The maximum atomic E-state index is 13.4. The number of aliphatic hydroxyl groups excluding tert-OH is 1. The van der Waals surface area contributed by atoms with Crippen LogP contribution in [0.2, 0.25) is 0 Å². The number of methoxy groups -OCH3 is 1. The Kier molecular flexibility index (Phi) is 9.34. The summed E-state index contributed by atoms with van der Waals surface area (Å²) in [6, 6.07) is 10.9. The van der Waals surface area contributed by atoms with E-state index in [9.17, 15) is 23.8 Å². The van der Waals surface area contributed by atoms with E-state index in [1.807, 2.05) is 24.3 Å². The van der Waals surface area contributed by atoms with Gasteiger partial charge < -0.3 is 19.8 Å².